The second-order valence-corrected chi connectivity index (χ2v) is 8.88. The number of benzene rings is 2. The summed E-state index contributed by atoms with van der Waals surface area (Å²) in [5.41, 5.74) is 0.719. The molecule has 0 fully saturated rings. The van der Waals surface area contributed by atoms with E-state index in [0.29, 0.717) is 11.9 Å². The summed E-state index contributed by atoms with van der Waals surface area (Å²) in [6, 6.07) is 18.5. The van der Waals surface area contributed by atoms with E-state index in [4.69, 9.17) is 9.47 Å². The molecule has 5 heteroatoms. The van der Waals surface area contributed by atoms with Gasteiger partial charge in [-0.1, -0.05) is 93.6 Å². The van der Waals surface area contributed by atoms with Gasteiger partial charge in [-0.2, -0.15) is 0 Å². The third-order valence-electron chi connectivity index (χ3n) is 5.47. The molecular weight excluding hydrogens is 404 g/mol. The molecule has 0 spiro atoms. The Morgan fingerprint density at radius 1 is 0.875 bits per heavy atom. The predicted molar refractivity (Wildman–Crippen MR) is 121 cm³/mol. The molecule has 0 radical (unpaired) electrons. The molecule has 2 aromatic rings. The highest BCUT2D eigenvalue weighted by atomic mass is 16.5. The van der Waals surface area contributed by atoms with E-state index in [0.717, 1.165) is 11.1 Å². The molecule has 0 saturated heterocycles. The highest BCUT2D eigenvalue weighted by Crippen LogP contribution is 2.46. The fourth-order valence-corrected chi connectivity index (χ4v) is 3.74. The third-order valence-corrected chi connectivity index (χ3v) is 5.47. The number of hydrogen-bond donors (Lipinski definition) is 0. The maximum atomic E-state index is 13.3. The Balaban J connectivity index is 1.85. The number of rotatable bonds is 8. The summed E-state index contributed by atoms with van der Waals surface area (Å²) in [7, 11) is 0. The second-order valence-electron chi connectivity index (χ2n) is 8.88. The lowest BCUT2D eigenvalue weighted by molar-refractivity contribution is -0.159. The van der Waals surface area contributed by atoms with E-state index < -0.39 is 17.4 Å². The Morgan fingerprint density at radius 3 is 1.91 bits per heavy atom. The van der Waals surface area contributed by atoms with Gasteiger partial charge in [0.2, 0.25) is 0 Å². The van der Waals surface area contributed by atoms with E-state index in [1.807, 2.05) is 81.4 Å². The standard InChI is InChI=1S/C27H28O5/c1-26(2,3)22-14-15-27(23(22)17-28,25(30)32-19-21-12-8-5-9-13-21)16-24(29)31-18-20-10-6-4-7-11-20/h4-15,17H,16,18-19H2,1-3H3/t27-/m0/s1. The number of hydrogen-bond acceptors (Lipinski definition) is 5. The molecule has 32 heavy (non-hydrogen) atoms. The average molecular weight is 433 g/mol. The molecule has 0 aromatic heterocycles. The Bertz CT molecular complexity index is 1030. The van der Waals surface area contributed by atoms with Crippen molar-refractivity contribution in [3.8, 4) is 0 Å². The van der Waals surface area contributed by atoms with Gasteiger partial charge in [-0.25, -0.2) is 0 Å². The van der Waals surface area contributed by atoms with Gasteiger partial charge < -0.3 is 9.47 Å². The van der Waals surface area contributed by atoms with Gasteiger partial charge in [0.05, 0.1) is 6.42 Å². The SMILES string of the molecule is CC(C)(C)C1=C(C=O)[C@](CC(=O)OCc2ccccc2)(C(=O)OCc2ccccc2)C=C1. The minimum absolute atomic E-state index is 0.0469. The van der Waals surface area contributed by atoms with Crippen molar-refractivity contribution in [3.05, 3.63) is 95.1 Å². The van der Waals surface area contributed by atoms with Crippen LogP contribution in [0.1, 0.15) is 38.3 Å². The minimum atomic E-state index is -1.51. The maximum absolute atomic E-state index is 13.3. The predicted octanol–water partition coefficient (Wildman–Crippen LogP) is 4.96. The van der Waals surface area contributed by atoms with Crippen LogP contribution >= 0.6 is 0 Å². The summed E-state index contributed by atoms with van der Waals surface area (Å²) in [5.74, 6) is -1.22. The summed E-state index contributed by atoms with van der Waals surface area (Å²) < 4.78 is 11.0. The van der Waals surface area contributed by atoms with E-state index >= 15 is 0 Å². The Labute approximate surface area is 188 Å². The van der Waals surface area contributed by atoms with E-state index in [1.54, 1.807) is 12.2 Å². The molecular formula is C27H28O5. The smallest absolute Gasteiger partial charge is 0.321 e. The molecule has 3 rings (SSSR count). The number of carbonyl (C=O) groups is 3. The van der Waals surface area contributed by atoms with Gasteiger partial charge in [-0.3, -0.25) is 14.4 Å². The van der Waals surface area contributed by atoms with Gasteiger partial charge in [0, 0.05) is 5.57 Å². The number of allylic oxidation sites excluding steroid dienone is 2. The maximum Gasteiger partial charge on any atom is 0.321 e. The van der Waals surface area contributed by atoms with Gasteiger partial charge in [-0.15, -0.1) is 0 Å². The normalized spacial score (nSPS) is 17.8. The average Bonchev–Trinajstić information content (AvgIpc) is 3.17. The fraction of sp³-hybridized carbons (Fsp3) is 0.296. The number of esters is 2. The Hall–Kier alpha value is -3.47. The van der Waals surface area contributed by atoms with Crippen molar-refractivity contribution in [2.45, 2.75) is 40.4 Å². The first kappa shape index (κ1) is 23.2. The zero-order valence-corrected chi connectivity index (χ0v) is 18.7. The zero-order valence-electron chi connectivity index (χ0n) is 18.7. The van der Waals surface area contributed by atoms with E-state index in [1.165, 1.54) is 0 Å². The van der Waals surface area contributed by atoms with Crippen LogP contribution in [0.5, 0.6) is 0 Å². The monoisotopic (exact) mass is 432 g/mol. The van der Waals surface area contributed by atoms with Crippen molar-refractivity contribution in [1.29, 1.82) is 0 Å². The Kier molecular flexibility index (Phi) is 7.08. The summed E-state index contributed by atoms with van der Waals surface area (Å²) in [4.78, 5) is 38.3. The molecule has 0 heterocycles. The molecule has 0 amide bonds. The number of carbonyl (C=O) groups excluding carboxylic acids is 3. The van der Waals surface area contributed by atoms with Crippen LogP contribution in [0.2, 0.25) is 0 Å². The second kappa shape index (κ2) is 9.77. The third kappa shape index (κ3) is 5.22. The van der Waals surface area contributed by atoms with Crippen LogP contribution in [0.15, 0.2) is 84.0 Å². The highest BCUT2D eigenvalue weighted by molar-refractivity contribution is 5.98. The van der Waals surface area contributed by atoms with Crippen LogP contribution in [0.4, 0.5) is 0 Å². The molecule has 2 aromatic carbocycles. The Morgan fingerprint density at radius 2 is 1.41 bits per heavy atom. The van der Waals surface area contributed by atoms with Crippen molar-refractivity contribution in [2.75, 3.05) is 0 Å². The summed E-state index contributed by atoms with van der Waals surface area (Å²) >= 11 is 0. The molecule has 166 valence electrons. The van der Waals surface area contributed by atoms with Gasteiger partial charge in [0.1, 0.15) is 24.9 Å². The van der Waals surface area contributed by atoms with Crippen LogP contribution in [-0.4, -0.2) is 18.2 Å². The van der Waals surface area contributed by atoms with Crippen molar-refractivity contribution >= 4 is 18.2 Å². The minimum Gasteiger partial charge on any atom is -0.461 e. The quantitative estimate of drug-likeness (QED) is 0.436. The lowest BCUT2D eigenvalue weighted by atomic mass is 9.76. The van der Waals surface area contributed by atoms with Crippen LogP contribution in [0, 0.1) is 10.8 Å². The summed E-state index contributed by atoms with van der Waals surface area (Å²) in [6.07, 6.45) is 3.71. The van der Waals surface area contributed by atoms with Gasteiger partial charge in [0.15, 0.2) is 0 Å². The van der Waals surface area contributed by atoms with E-state index in [2.05, 4.69) is 0 Å². The van der Waals surface area contributed by atoms with Crippen molar-refractivity contribution < 1.29 is 23.9 Å². The number of ether oxygens (including phenoxy) is 2. The first-order chi connectivity index (χ1) is 15.3. The van der Waals surface area contributed by atoms with Gasteiger partial charge in [0.25, 0.3) is 0 Å². The van der Waals surface area contributed by atoms with Crippen molar-refractivity contribution in [1.82, 2.24) is 0 Å². The van der Waals surface area contributed by atoms with Crippen LogP contribution in [-0.2, 0) is 37.1 Å². The first-order valence-corrected chi connectivity index (χ1v) is 10.6. The molecule has 1 atom stereocenters. The van der Waals surface area contributed by atoms with Gasteiger partial charge in [-0.05, 0) is 22.1 Å². The molecule has 0 N–H and O–H groups in total. The molecule has 1 aliphatic carbocycles. The summed E-state index contributed by atoms with van der Waals surface area (Å²) in [5, 5.41) is 0. The molecule has 0 bridgehead atoms. The molecule has 0 aliphatic heterocycles. The molecule has 1 aliphatic rings. The summed E-state index contributed by atoms with van der Waals surface area (Å²) in [6.45, 7) is 6.00. The van der Waals surface area contributed by atoms with Crippen LogP contribution in [0.3, 0.4) is 0 Å². The van der Waals surface area contributed by atoms with Gasteiger partial charge >= 0.3 is 11.9 Å². The highest BCUT2D eigenvalue weighted by Gasteiger charge is 2.49. The van der Waals surface area contributed by atoms with E-state index in [9.17, 15) is 14.4 Å². The van der Waals surface area contributed by atoms with Crippen molar-refractivity contribution in [3.63, 3.8) is 0 Å². The molecule has 5 nitrogen and oxygen atoms in total. The van der Waals surface area contributed by atoms with E-state index in [-0.39, 0.29) is 30.6 Å². The molecule has 0 saturated carbocycles. The lowest BCUT2D eigenvalue weighted by Crippen LogP contribution is -2.36. The fourth-order valence-electron chi connectivity index (χ4n) is 3.74. The van der Waals surface area contributed by atoms with Crippen molar-refractivity contribution in [2.24, 2.45) is 10.8 Å². The lowest BCUT2D eigenvalue weighted by Gasteiger charge is -2.28. The van der Waals surface area contributed by atoms with Crippen LogP contribution in [0.25, 0.3) is 0 Å². The number of aldehydes is 1. The largest absolute Gasteiger partial charge is 0.461 e. The molecule has 0 unspecified atom stereocenters. The first-order valence-electron chi connectivity index (χ1n) is 10.6. The topological polar surface area (TPSA) is 69.7 Å². The zero-order chi connectivity index (χ0) is 23.2. The van der Waals surface area contributed by atoms with Crippen LogP contribution < -0.4 is 0 Å².